The molecule has 0 aromatic heterocycles. The highest BCUT2D eigenvalue weighted by molar-refractivity contribution is 5.76. The largest absolute Gasteiger partial charge is 0.389 e. The standard InChI is InChI=1S/C12H18F3NO/c13-12(14,15)7-6-11(17)16-10-5-4-8-2-1-3-9(8)10/h8-10H,1-7H2,(H,16,17)/t8-,9-,10-/m1/s1. The molecule has 2 fully saturated rings. The molecule has 2 nitrogen and oxygen atoms in total. The Kier molecular flexibility index (Phi) is 3.64. The molecule has 0 aromatic rings. The molecule has 1 amide bonds. The molecule has 2 saturated carbocycles. The van der Waals surface area contributed by atoms with Crippen LogP contribution in [0.5, 0.6) is 0 Å². The Morgan fingerprint density at radius 2 is 1.94 bits per heavy atom. The molecule has 17 heavy (non-hydrogen) atoms. The van der Waals surface area contributed by atoms with Gasteiger partial charge in [0.05, 0.1) is 6.42 Å². The van der Waals surface area contributed by atoms with Gasteiger partial charge in [-0.15, -0.1) is 0 Å². The molecule has 1 N–H and O–H groups in total. The minimum absolute atomic E-state index is 0.128. The number of fused-ring (bicyclic) bond motifs is 1. The summed E-state index contributed by atoms with van der Waals surface area (Å²) in [6.45, 7) is 0. The molecule has 2 aliphatic carbocycles. The summed E-state index contributed by atoms with van der Waals surface area (Å²) in [5.41, 5.74) is 0. The second-order valence-electron chi connectivity index (χ2n) is 5.22. The topological polar surface area (TPSA) is 29.1 Å². The van der Waals surface area contributed by atoms with Crippen molar-refractivity contribution in [3.05, 3.63) is 0 Å². The first-order valence-electron chi connectivity index (χ1n) is 6.32. The van der Waals surface area contributed by atoms with Crippen molar-refractivity contribution in [3.63, 3.8) is 0 Å². The Labute approximate surface area is 98.9 Å². The highest BCUT2D eigenvalue weighted by Gasteiger charge is 2.39. The molecule has 0 aliphatic heterocycles. The molecule has 0 aromatic carbocycles. The predicted octanol–water partition coefficient (Wildman–Crippen LogP) is 3.02. The lowest BCUT2D eigenvalue weighted by Crippen LogP contribution is -2.38. The number of rotatable bonds is 3. The minimum atomic E-state index is -4.23. The van der Waals surface area contributed by atoms with E-state index in [0.29, 0.717) is 11.8 Å². The number of carbonyl (C=O) groups excluding carboxylic acids is 1. The van der Waals surface area contributed by atoms with E-state index in [1.54, 1.807) is 0 Å². The summed E-state index contributed by atoms with van der Waals surface area (Å²) in [4.78, 5) is 11.4. The lowest BCUT2D eigenvalue weighted by molar-refractivity contribution is -0.144. The summed E-state index contributed by atoms with van der Waals surface area (Å²) in [7, 11) is 0. The zero-order chi connectivity index (χ0) is 12.5. The SMILES string of the molecule is O=C(CCC(F)(F)F)N[C@@H]1CC[C@H]2CCC[C@H]21. The summed E-state index contributed by atoms with van der Waals surface area (Å²) in [5.74, 6) is 0.771. The maximum absolute atomic E-state index is 12.0. The number of alkyl halides is 3. The van der Waals surface area contributed by atoms with Crippen LogP contribution in [0.3, 0.4) is 0 Å². The van der Waals surface area contributed by atoms with Gasteiger partial charge in [-0.2, -0.15) is 13.2 Å². The number of hydrogen-bond donors (Lipinski definition) is 1. The molecule has 98 valence electrons. The van der Waals surface area contributed by atoms with Gasteiger partial charge in [0.15, 0.2) is 0 Å². The normalized spacial score (nSPS) is 32.5. The summed E-state index contributed by atoms with van der Waals surface area (Å²) in [6, 6.07) is 0.128. The molecule has 0 spiro atoms. The Balaban J connectivity index is 1.75. The van der Waals surface area contributed by atoms with Crippen molar-refractivity contribution < 1.29 is 18.0 Å². The molecule has 3 atom stereocenters. The van der Waals surface area contributed by atoms with Crippen molar-refractivity contribution in [2.75, 3.05) is 0 Å². The number of amides is 1. The molecule has 0 bridgehead atoms. The van der Waals surface area contributed by atoms with Gasteiger partial charge in [-0.1, -0.05) is 12.8 Å². The van der Waals surface area contributed by atoms with Crippen molar-refractivity contribution in [2.24, 2.45) is 11.8 Å². The van der Waals surface area contributed by atoms with E-state index in [2.05, 4.69) is 5.32 Å². The molecule has 0 radical (unpaired) electrons. The fourth-order valence-electron chi connectivity index (χ4n) is 3.27. The van der Waals surface area contributed by atoms with Crippen molar-refractivity contribution >= 4 is 5.91 Å². The third-order valence-corrected chi connectivity index (χ3v) is 4.07. The lowest BCUT2D eigenvalue weighted by atomic mass is 9.97. The van der Waals surface area contributed by atoms with E-state index in [0.717, 1.165) is 19.3 Å². The van der Waals surface area contributed by atoms with Gasteiger partial charge >= 0.3 is 6.18 Å². The number of carbonyl (C=O) groups is 1. The molecule has 0 saturated heterocycles. The van der Waals surface area contributed by atoms with Crippen LogP contribution < -0.4 is 5.32 Å². The van der Waals surface area contributed by atoms with Gasteiger partial charge in [0, 0.05) is 12.5 Å². The van der Waals surface area contributed by atoms with E-state index in [1.807, 2.05) is 0 Å². The van der Waals surface area contributed by atoms with Gasteiger partial charge in [0.1, 0.15) is 0 Å². The lowest BCUT2D eigenvalue weighted by Gasteiger charge is -2.20. The van der Waals surface area contributed by atoms with Gasteiger partial charge in [0.2, 0.25) is 5.91 Å². The van der Waals surface area contributed by atoms with Crippen LogP contribution in [0.1, 0.15) is 44.9 Å². The van der Waals surface area contributed by atoms with E-state index < -0.39 is 24.9 Å². The zero-order valence-corrected chi connectivity index (χ0v) is 9.72. The first kappa shape index (κ1) is 12.7. The third kappa shape index (κ3) is 3.36. The fourth-order valence-corrected chi connectivity index (χ4v) is 3.27. The van der Waals surface area contributed by atoms with Gasteiger partial charge in [-0.25, -0.2) is 0 Å². The monoisotopic (exact) mass is 249 g/mol. The van der Waals surface area contributed by atoms with Crippen LogP contribution in [0.15, 0.2) is 0 Å². The average molecular weight is 249 g/mol. The van der Waals surface area contributed by atoms with E-state index in [4.69, 9.17) is 0 Å². The van der Waals surface area contributed by atoms with Crippen LogP contribution in [0, 0.1) is 11.8 Å². The minimum Gasteiger partial charge on any atom is -0.353 e. The Hall–Kier alpha value is -0.740. The molecule has 0 heterocycles. The zero-order valence-electron chi connectivity index (χ0n) is 9.72. The second-order valence-corrected chi connectivity index (χ2v) is 5.22. The summed E-state index contributed by atoms with van der Waals surface area (Å²) >= 11 is 0. The third-order valence-electron chi connectivity index (χ3n) is 4.07. The van der Waals surface area contributed by atoms with Crippen LogP contribution in [0.4, 0.5) is 13.2 Å². The van der Waals surface area contributed by atoms with Crippen molar-refractivity contribution in [1.82, 2.24) is 5.32 Å². The average Bonchev–Trinajstić information content (AvgIpc) is 2.79. The van der Waals surface area contributed by atoms with Crippen LogP contribution in [0.2, 0.25) is 0 Å². The fraction of sp³-hybridized carbons (Fsp3) is 0.917. The van der Waals surface area contributed by atoms with Crippen molar-refractivity contribution in [1.29, 1.82) is 0 Å². The first-order valence-corrected chi connectivity index (χ1v) is 6.32. The van der Waals surface area contributed by atoms with E-state index in [-0.39, 0.29) is 6.04 Å². The molecule has 0 unspecified atom stereocenters. The van der Waals surface area contributed by atoms with Gasteiger partial charge in [0.25, 0.3) is 0 Å². The predicted molar refractivity (Wildman–Crippen MR) is 57.3 cm³/mol. The van der Waals surface area contributed by atoms with E-state index >= 15 is 0 Å². The number of hydrogen-bond acceptors (Lipinski definition) is 1. The highest BCUT2D eigenvalue weighted by Crippen LogP contribution is 2.43. The van der Waals surface area contributed by atoms with Gasteiger partial charge in [-0.3, -0.25) is 4.79 Å². The van der Waals surface area contributed by atoms with Crippen LogP contribution in [0.25, 0.3) is 0 Å². The Morgan fingerprint density at radius 1 is 1.18 bits per heavy atom. The van der Waals surface area contributed by atoms with Gasteiger partial charge < -0.3 is 5.32 Å². The molecular weight excluding hydrogens is 231 g/mol. The van der Waals surface area contributed by atoms with E-state index in [9.17, 15) is 18.0 Å². The molecule has 2 aliphatic rings. The second kappa shape index (κ2) is 4.86. The first-order chi connectivity index (χ1) is 7.96. The van der Waals surface area contributed by atoms with Crippen LogP contribution >= 0.6 is 0 Å². The molecule has 2 rings (SSSR count). The smallest absolute Gasteiger partial charge is 0.353 e. The van der Waals surface area contributed by atoms with Crippen LogP contribution in [-0.4, -0.2) is 18.1 Å². The van der Waals surface area contributed by atoms with Crippen molar-refractivity contribution in [2.45, 2.75) is 57.2 Å². The Bertz CT molecular complexity index is 290. The number of halogens is 3. The van der Waals surface area contributed by atoms with Crippen LogP contribution in [-0.2, 0) is 4.79 Å². The van der Waals surface area contributed by atoms with Gasteiger partial charge in [-0.05, 0) is 31.1 Å². The maximum atomic E-state index is 12.0. The molecule has 5 heteroatoms. The molecular formula is C12H18F3NO. The summed E-state index contributed by atoms with van der Waals surface area (Å²) < 4.78 is 35.9. The number of nitrogens with one attached hydrogen (secondary N) is 1. The quantitative estimate of drug-likeness (QED) is 0.818. The van der Waals surface area contributed by atoms with E-state index in [1.165, 1.54) is 12.8 Å². The Morgan fingerprint density at radius 3 is 2.65 bits per heavy atom. The highest BCUT2D eigenvalue weighted by atomic mass is 19.4. The maximum Gasteiger partial charge on any atom is 0.389 e. The summed E-state index contributed by atoms with van der Waals surface area (Å²) in [6.07, 6.45) is -0.0827. The van der Waals surface area contributed by atoms with Crippen molar-refractivity contribution in [3.8, 4) is 0 Å². The summed E-state index contributed by atoms with van der Waals surface area (Å²) in [5, 5.41) is 2.78.